The molecule has 0 saturated heterocycles. The van der Waals surface area contributed by atoms with E-state index in [1.165, 1.54) is 30.3 Å². The highest BCUT2D eigenvalue weighted by molar-refractivity contribution is 6.14. The summed E-state index contributed by atoms with van der Waals surface area (Å²) in [6.45, 7) is 4.94. The van der Waals surface area contributed by atoms with Crippen molar-refractivity contribution in [2.24, 2.45) is 0 Å². The highest BCUT2D eigenvalue weighted by Gasteiger charge is 2.19. The Kier molecular flexibility index (Phi) is 7.64. The van der Waals surface area contributed by atoms with E-state index in [9.17, 15) is 23.7 Å². The average molecular weight is 367 g/mol. The number of nitro benzene ring substituents is 1. The third kappa shape index (κ3) is 4.14. The molecule has 0 amide bonds. The molecule has 8 heteroatoms. The number of nitro groups is 1. The fraction of sp³-hybridized carbons (Fsp3) is 0.278. The molecule has 1 heterocycles. The van der Waals surface area contributed by atoms with Crippen LogP contribution in [-0.4, -0.2) is 17.8 Å². The molecule has 2 aromatic carbocycles. The van der Waals surface area contributed by atoms with Crippen molar-refractivity contribution in [1.29, 1.82) is 0 Å². The van der Waals surface area contributed by atoms with E-state index in [0.29, 0.717) is 6.29 Å². The molecule has 3 rings (SSSR count). The van der Waals surface area contributed by atoms with Crippen molar-refractivity contribution in [3.05, 3.63) is 46.0 Å². The third-order valence-electron chi connectivity index (χ3n) is 3.15. The lowest BCUT2D eigenvalue weighted by atomic mass is 10.1. The molecule has 3 aromatic rings. The Labute approximate surface area is 148 Å². The van der Waals surface area contributed by atoms with Crippen LogP contribution in [0.4, 0.5) is 14.5 Å². The van der Waals surface area contributed by atoms with Gasteiger partial charge in [-0.15, -0.1) is 0 Å². The monoisotopic (exact) mass is 367 g/mol. The SMILES string of the molecule is CC.CC.O=Cc1ccc(OC(F)F)c2oc3ccc([N+](=O)[O-])cc3c12. The molecule has 0 N–H and O–H groups in total. The Hall–Kier alpha value is -3.03. The minimum absolute atomic E-state index is 0.0552. The van der Waals surface area contributed by atoms with Crippen molar-refractivity contribution in [2.45, 2.75) is 34.3 Å². The van der Waals surface area contributed by atoms with Crippen molar-refractivity contribution in [1.82, 2.24) is 0 Å². The largest absolute Gasteiger partial charge is 0.452 e. The maximum absolute atomic E-state index is 12.4. The zero-order chi connectivity index (χ0) is 19.9. The Balaban J connectivity index is 0.000000791. The first-order valence-electron chi connectivity index (χ1n) is 8.05. The van der Waals surface area contributed by atoms with Gasteiger partial charge in [-0.1, -0.05) is 27.7 Å². The lowest BCUT2D eigenvalue weighted by Crippen LogP contribution is -2.02. The topological polar surface area (TPSA) is 82.6 Å². The third-order valence-corrected chi connectivity index (χ3v) is 3.15. The molecule has 0 saturated carbocycles. The summed E-state index contributed by atoms with van der Waals surface area (Å²) in [7, 11) is 0. The van der Waals surface area contributed by atoms with Crippen molar-refractivity contribution in [3.63, 3.8) is 0 Å². The van der Waals surface area contributed by atoms with Gasteiger partial charge in [0.1, 0.15) is 5.58 Å². The van der Waals surface area contributed by atoms with Gasteiger partial charge < -0.3 is 9.15 Å². The van der Waals surface area contributed by atoms with Crippen LogP contribution < -0.4 is 4.74 Å². The van der Waals surface area contributed by atoms with Gasteiger partial charge in [-0.05, 0) is 18.2 Å². The molecule has 0 fully saturated rings. The number of carbonyl (C=O) groups is 1. The van der Waals surface area contributed by atoms with Crippen LogP contribution in [0.25, 0.3) is 21.9 Å². The fourth-order valence-electron chi connectivity index (χ4n) is 2.27. The smallest absolute Gasteiger partial charge is 0.387 e. The number of aldehydes is 1. The summed E-state index contributed by atoms with van der Waals surface area (Å²) < 4.78 is 34.6. The number of rotatable bonds is 4. The first-order chi connectivity index (χ1) is 12.5. The van der Waals surface area contributed by atoms with Crippen LogP contribution in [-0.2, 0) is 0 Å². The molecule has 0 atom stereocenters. The fourth-order valence-corrected chi connectivity index (χ4v) is 2.27. The predicted octanol–water partition coefficient (Wildman–Crippen LogP) is 5.96. The molecule has 1 aromatic heterocycles. The summed E-state index contributed by atoms with van der Waals surface area (Å²) in [4.78, 5) is 21.4. The molecule has 26 heavy (non-hydrogen) atoms. The number of hydrogen-bond donors (Lipinski definition) is 0. The maximum Gasteiger partial charge on any atom is 0.387 e. The number of fused-ring (bicyclic) bond motifs is 3. The lowest BCUT2D eigenvalue weighted by molar-refractivity contribution is -0.384. The van der Waals surface area contributed by atoms with Gasteiger partial charge in [-0.25, -0.2) is 0 Å². The number of nitrogens with zero attached hydrogens (tertiary/aromatic N) is 1. The predicted molar refractivity (Wildman–Crippen MR) is 95.1 cm³/mol. The summed E-state index contributed by atoms with van der Waals surface area (Å²) in [5.41, 5.74) is 0.137. The second-order valence-electron chi connectivity index (χ2n) is 4.39. The van der Waals surface area contributed by atoms with Gasteiger partial charge in [-0.3, -0.25) is 14.9 Å². The van der Waals surface area contributed by atoms with E-state index >= 15 is 0 Å². The molecule has 0 aliphatic carbocycles. The molecule has 140 valence electrons. The first-order valence-corrected chi connectivity index (χ1v) is 8.05. The van der Waals surface area contributed by atoms with Crippen molar-refractivity contribution in [3.8, 4) is 5.75 Å². The number of halogens is 2. The van der Waals surface area contributed by atoms with Gasteiger partial charge in [0.25, 0.3) is 5.69 Å². The molecule has 6 nitrogen and oxygen atoms in total. The van der Waals surface area contributed by atoms with Crippen LogP contribution >= 0.6 is 0 Å². The number of hydrogen-bond acceptors (Lipinski definition) is 5. The highest BCUT2D eigenvalue weighted by Crippen LogP contribution is 2.38. The van der Waals surface area contributed by atoms with Crippen molar-refractivity contribution < 1.29 is 27.7 Å². The normalized spacial score (nSPS) is 9.96. The van der Waals surface area contributed by atoms with Crippen molar-refractivity contribution in [2.75, 3.05) is 0 Å². The molecular formula is C18H19F2NO5. The number of benzene rings is 2. The van der Waals surface area contributed by atoms with E-state index in [0.717, 1.165) is 0 Å². The van der Waals surface area contributed by atoms with Gasteiger partial charge >= 0.3 is 6.61 Å². The summed E-state index contributed by atoms with van der Waals surface area (Å²) in [5, 5.41) is 11.3. The number of ether oxygens (including phenoxy) is 1. The second-order valence-corrected chi connectivity index (χ2v) is 4.39. The standard InChI is InChI=1S/C14H7F2NO5.2C2H6/c15-14(16)22-11-3-1-7(6-18)12-9-5-8(17(19)20)2-4-10(9)21-13(11)12;2*1-2/h1-6,14H;2*1-2H3. The zero-order valence-electron chi connectivity index (χ0n) is 14.8. The minimum atomic E-state index is -3.06. The van der Waals surface area contributed by atoms with E-state index in [2.05, 4.69) is 4.74 Å². The molecule has 0 bridgehead atoms. The van der Waals surface area contributed by atoms with Crippen LogP contribution in [0.5, 0.6) is 5.75 Å². The number of furan rings is 1. The Morgan fingerprint density at radius 3 is 2.35 bits per heavy atom. The summed E-state index contributed by atoms with van der Waals surface area (Å²) >= 11 is 0. The van der Waals surface area contributed by atoms with E-state index in [1.54, 1.807) is 0 Å². The summed E-state index contributed by atoms with van der Waals surface area (Å²) in [5.74, 6) is -0.241. The summed E-state index contributed by atoms with van der Waals surface area (Å²) in [6.07, 6.45) is 0.516. The van der Waals surface area contributed by atoms with Gasteiger partial charge in [-0.2, -0.15) is 8.78 Å². The molecule has 0 unspecified atom stereocenters. The average Bonchev–Trinajstić information content (AvgIpc) is 3.04. The molecule has 0 aliphatic rings. The number of non-ortho nitro benzene ring substituents is 1. The van der Waals surface area contributed by atoms with E-state index in [1.807, 2.05) is 27.7 Å². The lowest BCUT2D eigenvalue weighted by Gasteiger charge is -2.05. The number of carbonyl (C=O) groups excluding carboxylic acids is 1. The van der Waals surface area contributed by atoms with E-state index < -0.39 is 11.5 Å². The van der Waals surface area contributed by atoms with Crippen LogP contribution in [0.2, 0.25) is 0 Å². The van der Waals surface area contributed by atoms with Crippen LogP contribution in [0.1, 0.15) is 38.1 Å². The van der Waals surface area contributed by atoms with Crippen LogP contribution in [0, 0.1) is 10.1 Å². The first kappa shape index (κ1) is 21.0. The summed E-state index contributed by atoms with van der Waals surface area (Å²) in [6, 6.07) is 6.27. The Morgan fingerprint density at radius 2 is 1.81 bits per heavy atom. The Morgan fingerprint density at radius 1 is 1.15 bits per heavy atom. The zero-order valence-corrected chi connectivity index (χ0v) is 14.8. The van der Waals surface area contributed by atoms with Crippen molar-refractivity contribution >= 4 is 33.9 Å². The van der Waals surface area contributed by atoms with Gasteiger partial charge in [0.05, 0.1) is 4.92 Å². The molecule has 0 radical (unpaired) electrons. The maximum atomic E-state index is 12.4. The van der Waals surface area contributed by atoms with E-state index in [4.69, 9.17) is 4.42 Å². The molecular weight excluding hydrogens is 348 g/mol. The second kappa shape index (κ2) is 9.45. The van der Waals surface area contributed by atoms with Gasteiger partial charge in [0.2, 0.25) is 0 Å². The van der Waals surface area contributed by atoms with Crippen LogP contribution in [0.15, 0.2) is 34.7 Å². The van der Waals surface area contributed by atoms with Gasteiger partial charge in [0.15, 0.2) is 17.6 Å². The van der Waals surface area contributed by atoms with E-state index in [-0.39, 0.29) is 38.9 Å². The highest BCUT2D eigenvalue weighted by atomic mass is 19.3. The molecule has 0 aliphatic heterocycles. The Bertz CT molecular complexity index is 905. The number of alkyl halides is 2. The van der Waals surface area contributed by atoms with Crippen LogP contribution in [0.3, 0.4) is 0 Å². The molecule has 0 spiro atoms. The minimum Gasteiger partial charge on any atom is -0.452 e. The van der Waals surface area contributed by atoms with Gasteiger partial charge in [0, 0.05) is 28.5 Å². The quantitative estimate of drug-likeness (QED) is 0.323.